The Hall–Kier alpha value is -0.660. The van der Waals surface area contributed by atoms with E-state index in [1.165, 1.54) is 283 Å². The maximum absolute atomic E-state index is 2.74. The Bertz CT molecular complexity index is 688. The molecule has 0 saturated carbocycles. The van der Waals surface area contributed by atoms with Crippen LogP contribution < -0.4 is 0 Å². The number of unbranched alkanes of at least 4 members (excludes halogenated alkanes) is 38. The third kappa shape index (κ3) is 32.7. The molecule has 0 aromatic carbocycles. The fraction of sp³-hybridized carbons (Fsp3) is 0.960. The average molecular weight is 729 g/mol. The quantitative estimate of drug-likeness (QED) is 0.0576. The average Bonchev–Trinajstić information content (AvgIpc) is 3.54. The maximum Gasteiger partial charge on any atom is 0.101 e. The van der Waals surface area contributed by atoms with E-state index in [0.717, 1.165) is 0 Å². The van der Waals surface area contributed by atoms with Crippen LogP contribution in [0.15, 0.2) is 12.4 Å². The monoisotopic (exact) mass is 729 g/mol. The Labute approximate surface area is 330 Å². The Balaban J connectivity index is 2.14. The van der Waals surface area contributed by atoms with Gasteiger partial charge < -0.3 is 9.80 Å². The Morgan fingerprint density at radius 1 is 0.250 bits per heavy atom. The van der Waals surface area contributed by atoms with Crippen molar-refractivity contribution in [2.45, 2.75) is 297 Å². The summed E-state index contributed by atoms with van der Waals surface area (Å²) < 4.78 is 0. The predicted octanol–water partition coefficient (Wildman–Crippen LogP) is 17.8. The molecule has 0 bridgehead atoms. The number of nitrogens with zero attached hydrogens (tertiary/aromatic N) is 2. The van der Waals surface area contributed by atoms with Crippen molar-refractivity contribution in [3.8, 4) is 0 Å². The normalized spacial score (nSPS) is 14.4. The predicted molar refractivity (Wildman–Crippen MR) is 237 cm³/mol. The molecule has 2 heteroatoms. The summed E-state index contributed by atoms with van der Waals surface area (Å²) in [5, 5.41) is 0. The van der Waals surface area contributed by atoms with Gasteiger partial charge in [-0.25, -0.2) is 0 Å². The molecule has 0 radical (unpaired) electrons. The van der Waals surface area contributed by atoms with Crippen LogP contribution in [0, 0.1) is 0 Å². The highest BCUT2D eigenvalue weighted by atomic mass is 15.4. The summed E-state index contributed by atoms with van der Waals surface area (Å²) in [6.07, 6.45) is 66.4. The Kier molecular flexibility index (Phi) is 39.4. The molecule has 0 spiro atoms. The molecule has 0 aromatic rings. The molecule has 1 unspecified atom stereocenters. The van der Waals surface area contributed by atoms with Gasteiger partial charge in [-0.3, -0.25) is 0 Å². The lowest BCUT2D eigenvalue weighted by atomic mass is 10.0. The van der Waals surface area contributed by atoms with Gasteiger partial charge in [0.2, 0.25) is 0 Å². The van der Waals surface area contributed by atoms with Gasteiger partial charge in [0.25, 0.3) is 0 Å². The molecule has 0 N–H and O–H groups in total. The van der Waals surface area contributed by atoms with Crippen LogP contribution in [0.1, 0.15) is 290 Å². The molecule has 1 aliphatic heterocycles. The van der Waals surface area contributed by atoms with Crippen LogP contribution >= 0.6 is 0 Å². The summed E-state index contributed by atoms with van der Waals surface area (Å²) in [7, 11) is 0. The van der Waals surface area contributed by atoms with Gasteiger partial charge in [0.1, 0.15) is 6.17 Å². The van der Waals surface area contributed by atoms with E-state index in [1.807, 2.05) is 0 Å². The summed E-state index contributed by atoms with van der Waals surface area (Å²) in [6.45, 7) is 9.49. The number of hydrogen-bond donors (Lipinski definition) is 0. The minimum Gasteiger partial charge on any atom is -0.356 e. The first-order valence-electron chi connectivity index (χ1n) is 25.0. The van der Waals surface area contributed by atoms with E-state index in [4.69, 9.17) is 0 Å². The molecule has 0 fully saturated rings. The molecule has 1 aliphatic rings. The minimum atomic E-state index is 0.636. The molecular formula is C50H100N2. The molecule has 0 aromatic heterocycles. The van der Waals surface area contributed by atoms with E-state index in [1.54, 1.807) is 0 Å². The summed E-state index contributed by atoms with van der Waals surface area (Å²) in [4.78, 5) is 5.47. The van der Waals surface area contributed by atoms with Gasteiger partial charge in [0, 0.05) is 25.5 Å². The van der Waals surface area contributed by atoms with Gasteiger partial charge in [0.15, 0.2) is 0 Å². The number of rotatable bonds is 44. The van der Waals surface area contributed by atoms with Crippen molar-refractivity contribution in [1.29, 1.82) is 0 Å². The van der Waals surface area contributed by atoms with Crippen molar-refractivity contribution in [1.82, 2.24) is 9.80 Å². The van der Waals surface area contributed by atoms with Gasteiger partial charge in [-0.05, 0) is 25.7 Å². The van der Waals surface area contributed by atoms with Crippen molar-refractivity contribution in [3.05, 3.63) is 12.4 Å². The molecule has 1 heterocycles. The highest BCUT2D eigenvalue weighted by molar-refractivity contribution is 4.97. The largest absolute Gasteiger partial charge is 0.356 e. The van der Waals surface area contributed by atoms with Gasteiger partial charge >= 0.3 is 0 Å². The zero-order valence-corrected chi connectivity index (χ0v) is 36.7. The summed E-state index contributed by atoms with van der Waals surface area (Å²) in [5.74, 6) is 0. The first kappa shape index (κ1) is 49.4. The van der Waals surface area contributed by atoms with E-state index >= 15 is 0 Å². The molecule has 310 valence electrons. The number of hydrogen-bond acceptors (Lipinski definition) is 2. The second-order valence-corrected chi connectivity index (χ2v) is 17.5. The van der Waals surface area contributed by atoms with Crippen LogP contribution in [-0.4, -0.2) is 29.1 Å². The molecule has 2 nitrogen and oxygen atoms in total. The van der Waals surface area contributed by atoms with Gasteiger partial charge in [-0.15, -0.1) is 0 Å². The minimum absolute atomic E-state index is 0.636. The van der Waals surface area contributed by atoms with Gasteiger partial charge in [-0.2, -0.15) is 0 Å². The topological polar surface area (TPSA) is 6.48 Å². The lowest BCUT2D eigenvalue weighted by Crippen LogP contribution is -2.39. The second-order valence-electron chi connectivity index (χ2n) is 17.5. The third-order valence-corrected chi connectivity index (χ3v) is 12.3. The maximum atomic E-state index is 2.74. The molecule has 0 saturated heterocycles. The zero-order chi connectivity index (χ0) is 37.3. The van der Waals surface area contributed by atoms with E-state index < -0.39 is 0 Å². The van der Waals surface area contributed by atoms with Crippen LogP contribution in [0.25, 0.3) is 0 Å². The zero-order valence-electron chi connectivity index (χ0n) is 36.7. The lowest BCUT2D eigenvalue weighted by molar-refractivity contribution is 0.135. The van der Waals surface area contributed by atoms with Crippen LogP contribution in [-0.2, 0) is 0 Å². The molecule has 0 amide bonds. The Morgan fingerprint density at radius 2 is 0.442 bits per heavy atom. The van der Waals surface area contributed by atoms with E-state index in [0.29, 0.717) is 6.17 Å². The molecule has 52 heavy (non-hydrogen) atoms. The summed E-state index contributed by atoms with van der Waals surface area (Å²) in [6, 6.07) is 0. The van der Waals surface area contributed by atoms with Crippen LogP contribution in [0.4, 0.5) is 0 Å². The van der Waals surface area contributed by atoms with Crippen LogP contribution in [0.5, 0.6) is 0 Å². The fourth-order valence-electron chi connectivity index (χ4n) is 8.66. The summed E-state index contributed by atoms with van der Waals surface area (Å²) in [5.41, 5.74) is 0. The van der Waals surface area contributed by atoms with E-state index in [9.17, 15) is 0 Å². The van der Waals surface area contributed by atoms with E-state index in [2.05, 4.69) is 43.0 Å². The summed E-state index contributed by atoms with van der Waals surface area (Å²) >= 11 is 0. The SMILES string of the molecule is CCCCCCCCCCCCCCCCCCCN1C=CN(CCCCCCCCCC)C1CCCCCCCCCCCCCCCCCC. The molecule has 0 aliphatic carbocycles. The van der Waals surface area contributed by atoms with Crippen molar-refractivity contribution >= 4 is 0 Å². The third-order valence-electron chi connectivity index (χ3n) is 12.3. The first-order chi connectivity index (χ1) is 25.8. The molecular weight excluding hydrogens is 629 g/mol. The second kappa shape index (κ2) is 41.5. The lowest BCUT2D eigenvalue weighted by Gasteiger charge is -2.33. The highest BCUT2D eigenvalue weighted by Crippen LogP contribution is 2.24. The van der Waals surface area contributed by atoms with E-state index in [-0.39, 0.29) is 0 Å². The fourth-order valence-corrected chi connectivity index (χ4v) is 8.66. The van der Waals surface area contributed by atoms with Crippen LogP contribution in [0.3, 0.4) is 0 Å². The Morgan fingerprint density at radius 3 is 0.673 bits per heavy atom. The van der Waals surface area contributed by atoms with Crippen molar-refractivity contribution < 1.29 is 0 Å². The smallest absolute Gasteiger partial charge is 0.101 e. The van der Waals surface area contributed by atoms with Crippen molar-refractivity contribution in [2.75, 3.05) is 13.1 Å². The standard InChI is InChI=1S/C50H100N2/c1-4-7-10-13-16-19-21-23-25-27-29-31-33-35-38-41-44-47-52-49-48-51(46-43-40-37-18-15-12-9-6-3)50(52)45-42-39-36-34-32-30-28-26-24-22-20-17-14-11-8-5-2/h48-50H,4-47H2,1-3H3. The van der Waals surface area contributed by atoms with Crippen LogP contribution in [0.2, 0.25) is 0 Å². The molecule has 1 atom stereocenters. The highest BCUT2D eigenvalue weighted by Gasteiger charge is 2.24. The van der Waals surface area contributed by atoms with Gasteiger partial charge in [-0.1, -0.05) is 265 Å². The van der Waals surface area contributed by atoms with Gasteiger partial charge in [0.05, 0.1) is 0 Å². The first-order valence-corrected chi connectivity index (χ1v) is 25.0. The van der Waals surface area contributed by atoms with Crippen molar-refractivity contribution in [3.63, 3.8) is 0 Å². The van der Waals surface area contributed by atoms with Crippen molar-refractivity contribution in [2.24, 2.45) is 0 Å². The molecule has 1 rings (SSSR count).